The van der Waals surface area contributed by atoms with E-state index < -0.39 is 0 Å². The minimum atomic E-state index is -0.228. The Morgan fingerprint density at radius 2 is 2.12 bits per heavy atom. The smallest absolute Gasteiger partial charge is 0.225 e. The normalized spacial score (nSPS) is 18.0. The molecule has 1 fully saturated rings. The molecule has 1 aliphatic rings. The highest BCUT2D eigenvalue weighted by Gasteiger charge is 2.29. The van der Waals surface area contributed by atoms with Crippen LogP contribution in [0.25, 0.3) is 10.9 Å². The van der Waals surface area contributed by atoms with Crippen LogP contribution in [-0.2, 0) is 4.79 Å². The molecule has 0 spiro atoms. The van der Waals surface area contributed by atoms with Gasteiger partial charge in [0, 0.05) is 24.0 Å². The van der Waals surface area contributed by atoms with E-state index in [-0.39, 0.29) is 17.4 Å². The van der Waals surface area contributed by atoms with Crippen molar-refractivity contribution in [3.63, 3.8) is 0 Å². The highest BCUT2D eigenvalue weighted by molar-refractivity contribution is 5.86. The van der Waals surface area contributed by atoms with Crippen molar-refractivity contribution < 1.29 is 4.79 Å². The van der Waals surface area contributed by atoms with Crippen molar-refractivity contribution in [1.29, 1.82) is 5.26 Å². The molecule has 0 bridgehead atoms. The number of carbonyl (C=O) groups excluding carboxylic acids is 1. The number of carbonyl (C=O) groups is 1. The van der Waals surface area contributed by atoms with Crippen molar-refractivity contribution in [3.05, 3.63) is 35.9 Å². The summed E-state index contributed by atoms with van der Waals surface area (Å²) >= 11 is 0. The maximum atomic E-state index is 12.5. The zero-order valence-corrected chi connectivity index (χ0v) is 15.0. The average Bonchev–Trinajstić information content (AvgIpc) is 2.59. The van der Waals surface area contributed by atoms with Gasteiger partial charge in [-0.25, -0.2) is 4.98 Å². The van der Waals surface area contributed by atoms with Crippen LogP contribution in [0.1, 0.15) is 39.2 Å². The summed E-state index contributed by atoms with van der Waals surface area (Å²) in [5, 5.41) is 13.4. The number of anilines is 1. The van der Waals surface area contributed by atoms with Crippen LogP contribution in [0, 0.1) is 17.2 Å². The van der Waals surface area contributed by atoms with E-state index in [4.69, 9.17) is 4.98 Å². The van der Waals surface area contributed by atoms with Gasteiger partial charge in [0.05, 0.1) is 23.1 Å². The number of pyridine rings is 1. The van der Waals surface area contributed by atoms with Gasteiger partial charge in [0.1, 0.15) is 5.82 Å². The number of hydrogen-bond acceptors (Lipinski definition) is 4. The lowest BCUT2D eigenvalue weighted by Crippen LogP contribution is -2.48. The van der Waals surface area contributed by atoms with Gasteiger partial charge >= 0.3 is 0 Å². The summed E-state index contributed by atoms with van der Waals surface area (Å²) < 4.78 is 0. The molecule has 3 rings (SSSR count). The molecule has 1 atom stereocenters. The molecular formula is C20H24N4O. The maximum Gasteiger partial charge on any atom is 0.225 e. The third-order valence-corrected chi connectivity index (χ3v) is 4.44. The molecule has 1 unspecified atom stereocenters. The van der Waals surface area contributed by atoms with Crippen LogP contribution in [0.4, 0.5) is 5.82 Å². The molecule has 0 aliphatic carbocycles. The van der Waals surface area contributed by atoms with Gasteiger partial charge in [-0.2, -0.15) is 5.26 Å². The molecule has 1 amide bonds. The summed E-state index contributed by atoms with van der Waals surface area (Å²) in [6.07, 6.45) is 1.83. The fourth-order valence-electron chi connectivity index (χ4n) is 3.29. The predicted molar refractivity (Wildman–Crippen MR) is 99.3 cm³/mol. The van der Waals surface area contributed by atoms with Crippen LogP contribution in [0.15, 0.2) is 30.3 Å². The lowest BCUT2D eigenvalue weighted by Gasteiger charge is -2.34. The first-order valence-electron chi connectivity index (χ1n) is 8.74. The third-order valence-electron chi connectivity index (χ3n) is 4.44. The summed E-state index contributed by atoms with van der Waals surface area (Å²) in [5.41, 5.74) is 1.22. The van der Waals surface area contributed by atoms with Crippen molar-refractivity contribution in [2.45, 2.75) is 39.2 Å². The second-order valence-corrected chi connectivity index (χ2v) is 7.68. The summed E-state index contributed by atoms with van der Waals surface area (Å²) in [7, 11) is 0. The van der Waals surface area contributed by atoms with E-state index in [9.17, 15) is 10.1 Å². The number of para-hydroxylation sites is 1. The maximum absolute atomic E-state index is 12.5. The van der Waals surface area contributed by atoms with E-state index >= 15 is 0 Å². The number of hydrogen-bond donors (Lipinski definition) is 1. The van der Waals surface area contributed by atoms with Gasteiger partial charge in [-0.1, -0.05) is 18.2 Å². The number of aromatic nitrogens is 1. The molecule has 25 heavy (non-hydrogen) atoms. The number of nitrogens with one attached hydrogen (secondary N) is 1. The fraction of sp³-hybridized carbons (Fsp3) is 0.450. The zero-order valence-electron chi connectivity index (χ0n) is 15.0. The molecule has 130 valence electrons. The van der Waals surface area contributed by atoms with E-state index in [1.54, 1.807) is 0 Å². The van der Waals surface area contributed by atoms with Crippen LogP contribution < -0.4 is 10.2 Å². The Kier molecular flexibility index (Phi) is 4.63. The largest absolute Gasteiger partial charge is 0.356 e. The number of rotatable bonds is 2. The highest BCUT2D eigenvalue weighted by atomic mass is 16.2. The molecule has 1 N–H and O–H groups in total. The SMILES string of the molecule is CC(C)(C)NC(=O)C1CCCN(c2cc(C#N)c3ccccc3n2)C1. The first-order valence-corrected chi connectivity index (χ1v) is 8.74. The molecule has 0 radical (unpaired) electrons. The molecular weight excluding hydrogens is 312 g/mol. The van der Waals surface area contributed by atoms with Crippen LogP contribution in [-0.4, -0.2) is 29.5 Å². The summed E-state index contributed by atoms with van der Waals surface area (Å²) in [4.78, 5) is 19.4. The van der Waals surface area contributed by atoms with Crippen molar-refractivity contribution in [2.75, 3.05) is 18.0 Å². The van der Waals surface area contributed by atoms with Crippen molar-refractivity contribution in [1.82, 2.24) is 10.3 Å². The van der Waals surface area contributed by atoms with Gasteiger partial charge in [-0.3, -0.25) is 4.79 Å². The van der Waals surface area contributed by atoms with Crippen molar-refractivity contribution >= 4 is 22.6 Å². The van der Waals surface area contributed by atoms with Crippen molar-refractivity contribution in [3.8, 4) is 6.07 Å². The molecule has 1 aromatic heterocycles. The van der Waals surface area contributed by atoms with E-state index in [2.05, 4.69) is 16.3 Å². The third kappa shape index (κ3) is 3.90. The number of benzene rings is 1. The summed E-state index contributed by atoms with van der Waals surface area (Å²) in [5.74, 6) is 0.828. The van der Waals surface area contributed by atoms with Crippen molar-refractivity contribution in [2.24, 2.45) is 5.92 Å². The lowest BCUT2D eigenvalue weighted by atomic mass is 9.95. The molecule has 1 aliphatic heterocycles. The van der Waals surface area contributed by atoms with Crippen LogP contribution in [0.5, 0.6) is 0 Å². The van der Waals surface area contributed by atoms with E-state index in [0.717, 1.165) is 36.1 Å². The molecule has 5 nitrogen and oxygen atoms in total. The fourth-order valence-corrected chi connectivity index (χ4v) is 3.29. The first-order chi connectivity index (χ1) is 11.9. The Bertz CT molecular complexity index is 832. The first kappa shape index (κ1) is 17.2. The van der Waals surface area contributed by atoms with Gasteiger partial charge in [0.15, 0.2) is 0 Å². The molecule has 1 saturated heterocycles. The number of nitrogens with zero attached hydrogens (tertiary/aromatic N) is 3. The van der Waals surface area contributed by atoms with E-state index in [1.807, 2.05) is 51.1 Å². The molecule has 5 heteroatoms. The van der Waals surface area contributed by atoms with Gasteiger partial charge in [-0.15, -0.1) is 0 Å². The Labute approximate surface area is 148 Å². The van der Waals surface area contributed by atoms with E-state index in [1.165, 1.54) is 0 Å². The average molecular weight is 336 g/mol. The Morgan fingerprint density at radius 1 is 1.36 bits per heavy atom. The molecule has 0 saturated carbocycles. The standard InChI is InChI=1S/C20H24N4O/c1-20(2,3)23-19(25)14-7-6-10-24(13-14)18-11-15(12-21)16-8-4-5-9-17(16)22-18/h4-5,8-9,11,14H,6-7,10,13H2,1-3H3,(H,23,25). The molecule has 2 heterocycles. The van der Waals surface area contributed by atoms with Crippen LogP contribution in [0.2, 0.25) is 0 Å². The number of piperidine rings is 1. The second kappa shape index (κ2) is 6.72. The molecule has 2 aromatic rings. The highest BCUT2D eigenvalue weighted by Crippen LogP contribution is 2.26. The number of fused-ring (bicyclic) bond motifs is 1. The molecule has 1 aromatic carbocycles. The van der Waals surface area contributed by atoms with Gasteiger partial charge in [-0.05, 0) is 45.7 Å². The van der Waals surface area contributed by atoms with Gasteiger partial charge < -0.3 is 10.2 Å². The number of nitriles is 1. The Hall–Kier alpha value is -2.61. The lowest BCUT2D eigenvalue weighted by molar-refractivity contribution is -0.126. The predicted octanol–water partition coefficient (Wildman–Crippen LogP) is 3.24. The quantitative estimate of drug-likeness (QED) is 0.914. The second-order valence-electron chi connectivity index (χ2n) is 7.68. The summed E-state index contributed by atoms with van der Waals surface area (Å²) in [6, 6.07) is 11.8. The minimum absolute atomic E-state index is 0.0493. The van der Waals surface area contributed by atoms with Crippen LogP contribution in [0.3, 0.4) is 0 Å². The minimum Gasteiger partial charge on any atom is -0.356 e. The topological polar surface area (TPSA) is 69.0 Å². The monoisotopic (exact) mass is 336 g/mol. The Morgan fingerprint density at radius 3 is 2.84 bits per heavy atom. The van der Waals surface area contributed by atoms with Gasteiger partial charge in [0.25, 0.3) is 0 Å². The summed E-state index contributed by atoms with van der Waals surface area (Å²) in [6.45, 7) is 7.48. The van der Waals surface area contributed by atoms with E-state index in [0.29, 0.717) is 12.1 Å². The number of amides is 1. The van der Waals surface area contributed by atoms with Gasteiger partial charge in [0.2, 0.25) is 5.91 Å². The zero-order chi connectivity index (χ0) is 18.0. The van der Waals surface area contributed by atoms with Crippen LogP contribution >= 0.6 is 0 Å². The Balaban J connectivity index is 1.85.